The molecule has 1 saturated heterocycles. The van der Waals surface area contributed by atoms with Gasteiger partial charge in [-0.15, -0.1) is 0 Å². The Morgan fingerprint density at radius 3 is 2.73 bits per heavy atom. The van der Waals surface area contributed by atoms with Gasteiger partial charge < -0.3 is 15.0 Å². The van der Waals surface area contributed by atoms with Crippen LogP contribution in [0.15, 0.2) is 40.9 Å². The molecule has 1 N–H and O–H groups in total. The van der Waals surface area contributed by atoms with Crippen LogP contribution in [-0.2, 0) is 25.5 Å². The molecule has 1 atom stereocenters. The highest BCUT2D eigenvalue weighted by Gasteiger charge is 2.37. The van der Waals surface area contributed by atoms with E-state index >= 15 is 0 Å². The van der Waals surface area contributed by atoms with Gasteiger partial charge in [0.15, 0.2) is 6.61 Å². The van der Waals surface area contributed by atoms with Gasteiger partial charge in [0.2, 0.25) is 5.91 Å². The summed E-state index contributed by atoms with van der Waals surface area (Å²) in [5.74, 6) is -1.99. The normalized spacial score (nSPS) is 15.9. The van der Waals surface area contributed by atoms with Gasteiger partial charge in [-0.05, 0) is 48.4 Å². The quantitative estimate of drug-likeness (QED) is 0.560. The van der Waals surface area contributed by atoms with E-state index in [4.69, 9.17) is 27.9 Å². The van der Waals surface area contributed by atoms with Gasteiger partial charge in [-0.2, -0.15) is 0 Å². The summed E-state index contributed by atoms with van der Waals surface area (Å²) in [6.07, 6.45) is 0.719. The van der Waals surface area contributed by atoms with Gasteiger partial charge in [0.25, 0.3) is 5.91 Å². The Bertz CT molecular complexity index is 999. The summed E-state index contributed by atoms with van der Waals surface area (Å²) in [6, 6.07) is 10.3. The minimum atomic E-state index is -0.681. The number of anilines is 2. The average molecular weight is 514 g/mol. The molecule has 0 saturated carbocycles. The number of nitrogens with zero attached hydrogens (tertiary/aromatic N) is 1. The highest BCUT2D eigenvalue weighted by atomic mass is 79.9. The lowest BCUT2D eigenvalue weighted by atomic mass is 10.1. The van der Waals surface area contributed by atoms with Crippen molar-refractivity contribution in [3.05, 3.63) is 56.5 Å². The van der Waals surface area contributed by atoms with Crippen molar-refractivity contribution < 1.29 is 19.1 Å². The zero-order chi connectivity index (χ0) is 21.8. The summed E-state index contributed by atoms with van der Waals surface area (Å²) in [7, 11) is 0. The van der Waals surface area contributed by atoms with E-state index in [2.05, 4.69) is 21.2 Å². The Balaban J connectivity index is 1.57. The van der Waals surface area contributed by atoms with Crippen LogP contribution in [0.3, 0.4) is 0 Å². The number of benzene rings is 2. The Kier molecular flexibility index (Phi) is 7.39. The van der Waals surface area contributed by atoms with Gasteiger partial charge in [0, 0.05) is 28.1 Å². The Morgan fingerprint density at radius 2 is 2.00 bits per heavy atom. The second kappa shape index (κ2) is 9.81. The molecule has 3 rings (SSSR count). The summed E-state index contributed by atoms with van der Waals surface area (Å²) < 4.78 is 6.06. The zero-order valence-electron chi connectivity index (χ0n) is 16.1. The first-order chi connectivity index (χ1) is 14.3. The number of rotatable bonds is 6. The minimum Gasteiger partial charge on any atom is -0.455 e. The number of carbonyl (C=O) groups is 3. The van der Waals surface area contributed by atoms with E-state index < -0.39 is 24.4 Å². The molecule has 1 heterocycles. The molecule has 2 amide bonds. The molecule has 1 aliphatic rings. The fraction of sp³-hybridized carbons (Fsp3) is 0.286. The fourth-order valence-corrected chi connectivity index (χ4v) is 4.00. The minimum absolute atomic E-state index is 0.0179. The molecule has 9 heteroatoms. The number of carbonyl (C=O) groups excluding carboxylic acids is 3. The van der Waals surface area contributed by atoms with Crippen LogP contribution in [0, 0.1) is 5.92 Å². The molecular formula is C21H19BrCl2N2O4. The van der Waals surface area contributed by atoms with Crippen molar-refractivity contribution in [1.29, 1.82) is 0 Å². The Morgan fingerprint density at radius 1 is 1.23 bits per heavy atom. The van der Waals surface area contributed by atoms with Crippen molar-refractivity contribution >= 4 is 68.3 Å². The molecule has 1 fully saturated rings. The Hall–Kier alpha value is -2.09. The van der Waals surface area contributed by atoms with Crippen LogP contribution >= 0.6 is 39.1 Å². The van der Waals surface area contributed by atoms with Crippen molar-refractivity contribution in [3.8, 4) is 0 Å². The summed E-state index contributed by atoms with van der Waals surface area (Å²) in [5, 5.41) is 3.54. The van der Waals surface area contributed by atoms with E-state index in [-0.39, 0.29) is 18.9 Å². The van der Waals surface area contributed by atoms with Crippen molar-refractivity contribution in [2.75, 3.05) is 23.4 Å². The second-order valence-electron chi connectivity index (χ2n) is 6.81. The van der Waals surface area contributed by atoms with Crippen molar-refractivity contribution in [3.63, 3.8) is 0 Å². The molecule has 158 valence electrons. The monoisotopic (exact) mass is 512 g/mol. The van der Waals surface area contributed by atoms with Gasteiger partial charge >= 0.3 is 5.97 Å². The summed E-state index contributed by atoms with van der Waals surface area (Å²) >= 11 is 15.5. The van der Waals surface area contributed by atoms with Gasteiger partial charge in [-0.25, -0.2) is 0 Å². The first-order valence-corrected chi connectivity index (χ1v) is 10.8. The predicted molar refractivity (Wildman–Crippen MR) is 120 cm³/mol. The molecule has 30 heavy (non-hydrogen) atoms. The van der Waals surface area contributed by atoms with E-state index in [0.717, 1.165) is 16.5 Å². The lowest BCUT2D eigenvalue weighted by molar-refractivity contribution is -0.151. The van der Waals surface area contributed by atoms with Crippen LogP contribution < -0.4 is 10.2 Å². The van der Waals surface area contributed by atoms with Crippen molar-refractivity contribution in [2.24, 2.45) is 5.92 Å². The van der Waals surface area contributed by atoms with Crippen LogP contribution in [-0.4, -0.2) is 30.9 Å². The molecule has 0 aliphatic carbocycles. The van der Waals surface area contributed by atoms with Crippen LogP contribution in [0.2, 0.25) is 10.0 Å². The highest BCUT2D eigenvalue weighted by molar-refractivity contribution is 9.10. The lowest BCUT2D eigenvalue weighted by Gasteiger charge is -2.18. The van der Waals surface area contributed by atoms with Gasteiger partial charge in [-0.3, -0.25) is 14.4 Å². The Labute approximate surface area is 192 Å². The summed E-state index contributed by atoms with van der Waals surface area (Å²) in [5.41, 5.74) is 2.07. The number of aryl methyl sites for hydroxylation is 1. The summed E-state index contributed by atoms with van der Waals surface area (Å²) in [6.45, 7) is 1.67. The number of ether oxygens (including phenoxy) is 1. The first kappa shape index (κ1) is 22.6. The number of amides is 2. The smallest absolute Gasteiger partial charge is 0.311 e. The molecular weight excluding hydrogens is 495 g/mol. The van der Waals surface area contributed by atoms with E-state index in [1.807, 2.05) is 19.1 Å². The molecule has 1 aliphatic heterocycles. The van der Waals surface area contributed by atoms with Crippen molar-refractivity contribution in [2.45, 2.75) is 19.8 Å². The number of hydrogen-bond acceptors (Lipinski definition) is 4. The average Bonchev–Trinajstić information content (AvgIpc) is 3.10. The third kappa shape index (κ3) is 5.33. The van der Waals surface area contributed by atoms with Crippen LogP contribution in [0.25, 0.3) is 0 Å². The SMILES string of the molecule is CCc1cc(Br)ccc1NC(=O)COC(=O)[C@H]1CC(=O)N(c2cc(Cl)ccc2Cl)C1. The maximum absolute atomic E-state index is 12.4. The third-order valence-electron chi connectivity index (χ3n) is 4.73. The third-order valence-corrected chi connectivity index (χ3v) is 5.77. The molecule has 0 radical (unpaired) electrons. The lowest BCUT2D eigenvalue weighted by Crippen LogP contribution is -2.28. The molecule has 2 aromatic carbocycles. The maximum atomic E-state index is 12.4. The molecule has 2 aromatic rings. The van der Waals surface area contributed by atoms with Crippen molar-refractivity contribution in [1.82, 2.24) is 0 Å². The second-order valence-corrected chi connectivity index (χ2v) is 8.57. The number of nitrogens with one attached hydrogen (secondary N) is 1. The molecule has 0 unspecified atom stereocenters. The molecule has 0 spiro atoms. The standard InChI is InChI=1S/C21H19BrCl2N2O4/c1-2-12-7-14(22)3-6-17(12)25-19(27)11-30-21(29)13-8-20(28)26(10-13)18-9-15(23)4-5-16(18)24/h3-7,9,13H,2,8,10-11H2,1H3,(H,25,27)/t13-/m0/s1. The highest BCUT2D eigenvalue weighted by Crippen LogP contribution is 2.33. The topological polar surface area (TPSA) is 75.7 Å². The van der Waals surface area contributed by atoms with E-state index in [0.29, 0.717) is 21.4 Å². The fourth-order valence-electron chi connectivity index (χ4n) is 3.21. The largest absolute Gasteiger partial charge is 0.455 e. The van der Waals surface area contributed by atoms with Gasteiger partial charge in [0.1, 0.15) is 0 Å². The molecule has 0 aromatic heterocycles. The number of hydrogen-bond donors (Lipinski definition) is 1. The maximum Gasteiger partial charge on any atom is 0.311 e. The summed E-state index contributed by atoms with van der Waals surface area (Å²) in [4.78, 5) is 38.4. The van der Waals surface area contributed by atoms with Crippen LogP contribution in [0.4, 0.5) is 11.4 Å². The first-order valence-electron chi connectivity index (χ1n) is 9.28. The zero-order valence-corrected chi connectivity index (χ0v) is 19.2. The van der Waals surface area contributed by atoms with E-state index in [1.54, 1.807) is 24.3 Å². The van der Waals surface area contributed by atoms with Gasteiger partial charge in [-0.1, -0.05) is 46.1 Å². The predicted octanol–water partition coefficient (Wildman–Crippen LogP) is 4.85. The van der Waals surface area contributed by atoms with Crippen LogP contribution in [0.1, 0.15) is 18.9 Å². The van der Waals surface area contributed by atoms with E-state index in [9.17, 15) is 14.4 Å². The molecule has 0 bridgehead atoms. The number of halogens is 3. The molecule has 6 nitrogen and oxygen atoms in total. The van der Waals surface area contributed by atoms with E-state index in [1.165, 1.54) is 4.90 Å². The number of esters is 1. The van der Waals surface area contributed by atoms with Crippen LogP contribution in [0.5, 0.6) is 0 Å². The van der Waals surface area contributed by atoms with Gasteiger partial charge in [0.05, 0.1) is 16.6 Å².